The van der Waals surface area contributed by atoms with Crippen molar-refractivity contribution in [3.63, 3.8) is 0 Å². The molecule has 11 heavy (non-hydrogen) atoms. The van der Waals surface area contributed by atoms with Gasteiger partial charge in [-0.05, 0) is 13.0 Å². The fourth-order valence-electron chi connectivity index (χ4n) is 0.657. The molecule has 0 radical (unpaired) electrons. The van der Waals surface area contributed by atoms with Crippen molar-refractivity contribution in [1.82, 2.24) is 15.4 Å². The zero-order chi connectivity index (χ0) is 8.27. The minimum absolute atomic E-state index is 0.278. The SMILES string of the molecule is Cc1nccc(C(=O)NN)n1. The number of rotatable bonds is 1. The first-order valence-corrected chi connectivity index (χ1v) is 3.04. The maximum atomic E-state index is 10.8. The molecule has 1 aromatic rings. The standard InChI is InChI=1S/C6H8N4O/c1-4-8-3-2-5(9-4)6(11)10-7/h2-3H,7H2,1H3,(H,10,11). The van der Waals surface area contributed by atoms with E-state index in [9.17, 15) is 4.79 Å². The summed E-state index contributed by atoms with van der Waals surface area (Å²) in [4.78, 5) is 18.5. The van der Waals surface area contributed by atoms with Crippen molar-refractivity contribution in [2.24, 2.45) is 5.84 Å². The molecule has 3 N–H and O–H groups in total. The molecule has 0 atom stereocenters. The number of hydrogen-bond donors (Lipinski definition) is 2. The molecule has 0 fully saturated rings. The Hall–Kier alpha value is -1.49. The molecule has 5 nitrogen and oxygen atoms in total. The van der Waals surface area contributed by atoms with E-state index in [4.69, 9.17) is 5.84 Å². The third-order valence-electron chi connectivity index (χ3n) is 1.14. The maximum absolute atomic E-state index is 10.8. The van der Waals surface area contributed by atoms with Crippen LogP contribution in [0.4, 0.5) is 0 Å². The van der Waals surface area contributed by atoms with Gasteiger partial charge in [-0.3, -0.25) is 10.2 Å². The smallest absolute Gasteiger partial charge is 0.283 e. The first-order chi connectivity index (χ1) is 5.24. The van der Waals surface area contributed by atoms with Crippen LogP contribution in [-0.2, 0) is 0 Å². The van der Waals surface area contributed by atoms with Gasteiger partial charge in [0.25, 0.3) is 5.91 Å². The van der Waals surface area contributed by atoms with Gasteiger partial charge in [0.1, 0.15) is 11.5 Å². The number of nitrogens with one attached hydrogen (secondary N) is 1. The second-order valence-corrected chi connectivity index (χ2v) is 1.96. The van der Waals surface area contributed by atoms with Crippen molar-refractivity contribution >= 4 is 5.91 Å². The largest absolute Gasteiger partial charge is 0.289 e. The molecular formula is C6H8N4O. The third-order valence-corrected chi connectivity index (χ3v) is 1.14. The Balaban J connectivity index is 2.96. The number of nitrogen functional groups attached to an aromatic ring is 1. The summed E-state index contributed by atoms with van der Waals surface area (Å²) in [6.45, 7) is 1.70. The predicted octanol–water partition coefficient (Wildman–Crippen LogP) is -0.611. The fraction of sp³-hybridized carbons (Fsp3) is 0.167. The summed E-state index contributed by atoms with van der Waals surface area (Å²) in [5, 5.41) is 0. The molecular weight excluding hydrogens is 144 g/mol. The van der Waals surface area contributed by atoms with Crippen LogP contribution in [0.2, 0.25) is 0 Å². The molecule has 0 spiro atoms. The summed E-state index contributed by atoms with van der Waals surface area (Å²) < 4.78 is 0. The van der Waals surface area contributed by atoms with Crippen LogP contribution >= 0.6 is 0 Å². The van der Waals surface area contributed by atoms with E-state index in [1.54, 1.807) is 6.92 Å². The first kappa shape index (κ1) is 7.62. The molecule has 1 amide bonds. The number of hydrogen-bond acceptors (Lipinski definition) is 4. The zero-order valence-electron chi connectivity index (χ0n) is 6.03. The second kappa shape index (κ2) is 3.07. The lowest BCUT2D eigenvalue weighted by Crippen LogP contribution is -2.30. The molecule has 58 valence electrons. The molecule has 0 saturated carbocycles. The fourth-order valence-corrected chi connectivity index (χ4v) is 0.657. The van der Waals surface area contributed by atoms with Gasteiger partial charge in [-0.1, -0.05) is 0 Å². The Bertz CT molecular complexity index is 273. The minimum Gasteiger partial charge on any atom is -0.289 e. The maximum Gasteiger partial charge on any atom is 0.283 e. The van der Waals surface area contributed by atoms with Gasteiger partial charge in [0.05, 0.1) is 0 Å². The number of hydrazine groups is 1. The topological polar surface area (TPSA) is 80.9 Å². The van der Waals surface area contributed by atoms with E-state index >= 15 is 0 Å². The van der Waals surface area contributed by atoms with E-state index in [2.05, 4.69) is 9.97 Å². The van der Waals surface area contributed by atoms with Crippen LogP contribution in [0.25, 0.3) is 0 Å². The number of carbonyl (C=O) groups is 1. The summed E-state index contributed by atoms with van der Waals surface area (Å²) in [5.41, 5.74) is 2.26. The van der Waals surface area contributed by atoms with E-state index in [1.165, 1.54) is 12.3 Å². The van der Waals surface area contributed by atoms with Crippen LogP contribution in [0.1, 0.15) is 16.3 Å². The highest BCUT2D eigenvalue weighted by atomic mass is 16.2. The van der Waals surface area contributed by atoms with Gasteiger partial charge in [-0.25, -0.2) is 15.8 Å². The van der Waals surface area contributed by atoms with Gasteiger partial charge in [-0.15, -0.1) is 0 Å². The van der Waals surface area contributed by atoms with Crippen molar-refractivity contribution in [1.29, 1.82) is 0 Å². The van der Waals surface area contributed by atoms with Gasteiger partial charge < -0.3 is 0 Å². The molecule has 1 aromatic heterocycles. The van der Waals surface area contributed by atoms with Crippen molar-refractivity contribution in [2.75, 3.05) is 0 Å². The Morgan fingerprint density at radius 3 is 3.00 bits per heavy atom. The lowest BCUT2D eigenvalue weighted by molar-refractivity contribution is 0.0948. The average molecular weight is 152 g/mol. The van der Waals surface area contributed by atoms with Gasteiger partial charge in [0.15, 0.2) is 0 Å². The van der Waals surface area contributed by atoms with Gasteiger partial charge in [-0.2, -0.15) is 0 Å². The zero-order valence-corrected chi connectivity index (χ0v) is 6.03. The number of nitrogens with two attached hydrogens (primary N) is 1. The van der Waals surface area contributed by atoms with Crippen molar-refractivity contribution in [3.05, 3.63) is 23.8 Å². The highest BCUT2D eigenvalue weighted by molar-refractivity contribution is 5.91. The highest BCUT2D eigenvalue weighted by Crippen LogP contribution is 1.92. The molecule has 0 aliphatic heterocycles. The predicted molar refractivity (Wildman–Crippen MR) is 38.4 cm³/mol. The van der Waals surface area contributed by atoms with Gasteiger partial charge in [0.2, 0.25) is 0 Å². The van der Waals surface area contributed by atoms with Crippen LogP contribution in [0.3, 0.4) is 0 Å². The Kier molecular flexibility index (Phi) is 2.12. The van der Waals surface area contributed by atoms with E-state index in [0.717, 1.165) is 0 Å². The molecule has 0 aliphatic rings. The molecule has 0 saturated heterocycles. The quantitative estimate of drug-likeness (QED) is 0.319. The van der Waals surface area contributed by atoms with Crippen LogP contribution in [0, 0.1) is 6.92 Å². The Morgan fingerprint density at radius 1 is 1.73 bits per heavy atom. The number of aryl methyl sites for hydroxylation is 1. The monoisotopic (exact) mass is 152 g/mol. The molecule has 0 aromatic carbocycles. The summed E-state index contributed by atoms with van der Waals surface area (Å²) in [6, 6.07) is 1.50. The van der Waals surface area contributed by atoms with Crippen molar-refractivity contribution < 1.29 is 4.79 Å². The number of nitrogens with zero attached hydrogens (tertiary/aromatic N) is 2. The van der Waals surface area contributed by atoms with E-state index in [0.29, 0.717) is 5.82 Å². The number of aromatic nitrogens is 2. The van der Waals surface area contributed by atoms with E-state index in [-0.39, 0.29) is 5.69 Å². The van der Waals surface area contributed by atoms with E-state index in [1.807, 2.05) is 5.43 Å². The summed E-state index contributed by atoms with van der Waals surface area (Å²) in [6.07, 6.45) is 1.51. The average Bonchev–Trinajstić information content (AvgIpc) is 2.03. The van der Waals surface area contributed by atoms with Gasteiger partial charge >= 0.3 is 0 Å². The summed E-state index contributed by atoms with van der Waals surface area (Å²) in [7, 11) is 0. The molecule has 0 unspecified atom stereocenters. The van der Waals surface area contributed by atoms with Crippen LogP contribution in [-0.4, -0.2) is 15.9 Å². The summed E-state index contributed by atoms with van der Waals surface area (Å²) in [5.74, 6) is 5.03. The molecule has 0 aliphatic carbocycles. The van der Waals surface area contributed by atoms with Crippen LogP contribution in [0.15, 0.2) is 12.3 Å². The van der Waals surface area contributed by atoms with Crippen LogP contribution < -0.4 is 11.3 Å². The Labute approximate surface area is 63.6 Å². The third kappa shape index (κ3) is 1.71. The van der Waals surface area contributed by atoms with Crippen molar-refractivity contribution in [3.8, 4) is 0 Å². The normalized spacial score (nSPS) is 9.27. The second-order valence-electron chi connectivity index (χ2n) is 1.96. The number of carbonyl (C=O) groups excluding carboxylic acids is 1. The molecule has 0 bridgehead atoms. The minimum atomic E-state index is -0.407. The van der Waals surface area contributed by atoms with Crippen molar-refractivity contribution in [2.45, 2.75) is 6.92 Å². The lowest BCUT2D eigenvalue weighted by Gasteiger charge is -1.97. The first-order valence-electron chi connectivity index (χ1n) is 3.04. The molecule has 5 heteroatoms. The molecule has 1 rings (SSSR count). The Morgan fingerprint density at radius 2 is 2.45 bits per heavy atom. The van der Waals surface area contributed by atoms with E-state index < -0.39 is 5.91 Å². The van der Waals surface area contributed by atoms with Crippen LogP contribution in [0.5, 0.6) is 0 Å². The van der Waals surface area contributed by atoms with Gasteiger partial charge in [0, 0.05) is 6.20 Å². The number of amides is 1. The highest BCUT2D eigenvalue weighted by Gasteiger charge is 2.03. The molecule has 1 heterocycles. The lowest BCUT2D eigenvalue weighted by atomic mass is 10.4. The summed E-state index contributed by atoms with van der Waals surface area (Å²) >= 11 is 0.